The van der Waals surface area contributed by atoms with Gasteiger partial charge in [-0.1, -0.05) is 84.4 Å². The number of phenols is 1. The van der Waals surface area contributed by atoms with E-state index in [4.69, 9.17) is 16.3 Å². The molecule has 0 unspecified atom stereocenters. The van der Waals surface area contributed by atoms with Crippen LogP contribution in [-0.4, -0.2) is 83.7 Å². The molecule has 0 aliphatic carbocycles. The number of hydrogen-bond acceptors (Lipinski definition) is 6. The number of rotatable bonds is 11. The number of carbonyl (C=O) groups is 2. The molecule has 2 amide bonds. The molecule has 2 saturated heterocycles. The Labute approximate surface area is 313 Å². The van der Waals surface area contributed by atoms with E-state index < -0.39 is 29.6 Å². The maximum atomic E-state index is 14.1. The fraction of sp³-hybridized carbons (Fsp3) is 0.366. The van der Waals surface area contributed by atoms with Crippen LogP contribution in [0.2, 0.25) is 5.02 Å². The average molecular weight is 749 g/mol. The summed E-state index contributed by atoms with van der Waals surface area (Å²) in [6.07, 6.45) is -3.11. The minimum absolute atomic E-state index is 0.0609. The highest BCUT2D eigenvalue weighted by Gasteiger charge is 2.38. The summed E-state index contributed by atoms with van der Waals surface area (Å²) >= 11 is 6.40. The van der Waals surface area contributed by atoms with Crippen LogP contribution in [0.4, 0.5) is 18.0 Å². The summed E-state index contributed by atoms with van der Waals surface area (Å²) in [5, 5.41) is 13.8. The molecule has 12 heteroatoms. The number of nitrogens with zero attached hydrogens (tertiary/aromatic N) is 3. The number of aromatic hydroxyl groups is 1. The fourth-order valence-electron chi connectivity index (χ4n) is 7.28. The van der Waals surface area contributed by atoms with Gasteiger partial charge in [0.2, 0.25) is 5.91 Å². The van der Waals surface area contributed by atoms with Crippen molar-refractivity contribution in [2.45, 2.75) is 44.6 Å². The van der Waals surface area contributed by atoms with Crippen LogP contribution in [0.5, 0.6) is 5.75 Å². The zero-order valence-electron chi connectivity index (χ0n) is 29.4. The second-order valence-electron chi connectivity index (χ2n) is 13.7. The maximum Gasteiger partial charge on any atom is 0.416 e. The first-order valence-corrected chi connectivity index (χ1v) is 18.4. The highest BCUT2D eigenvalue weighted by Crippen LogP contribution is 2.36. The van der Waals surface area contributed by atoms with Crippen molar-refractivity contribution in [3.05, 3.63) is 124 Å². The van der Waals surface area contributed by atoms with Gasteiger partial charge >= 0.3 is 12.3 Å². The molecule has 2 aliphatic rings. The van der Waals surface area contributed by atoms with Crippen LogP contribution in [0.25, 0.3) is 11.1 Å². The number of piperidine rings is 1. The number of carbonyl (C=O) groups excluding carboxylic acids is 2. The number of likely N-dealkylation sites (tertiary alicyclic amines) is 1. The molecule has 4 aromatic carbocycles. The molecule has 2 fully saturated rings. The molecule has 2 N–H and O–H groups in total. The summed E-state index contributed by atoms with van der Waals surface area (Å²) in [6, 6.07) is 28.1. The second kappa shape index (κ2) is 17.5. The minimum Gasteiger partial charge on any atom is -0.508 e. The molecule has 4 aromatic rings. The number of alkyl carbamates (subject to hydrolysis) is 1. The zero-order valence-corrected chi connectivity index (χ0v) is 30.2. The minimum atomic E-state index is -4.60. The quantitative estimate of drug-likeness (QED) is 0.164. The van der Waals surface area contributed by atoms with Crippen molar-refractivity contribution in [3.63, 3.8) is 0 Å². The molecule has 0 saturated carbocycles. The molecule has 0 spiro atoms. The SMILES string of the molecule is O=C(N[C@@H](C(=O)N1CCN(Cc2c(O)cccc2C(F)(F)F)CC1)C1CCN(CCc2cc(Cl)ccc2-c2ccccc2)CC1)OCc1ccccc1. The van der Waals surface area contributed by atoms with E-state index in [2.05, 4.69) is 28.4 Å². The maximum absolute atomic E-state index is 14.1. The van der Waals surface area contributed by atoms with Gasteiger partial charge < -0.3 is 25.0 Å². The zero-order chi connectivity index (χ0) is 37.4. The van der Waals surface area contributed by atoms with Gasteiger partial charge in [-0.25, -0.2) is 4.79 Å². The lowest BCUT2D eigenvalue weighted by Gasteiger charge is -2.40. The Morgan fingerprint density at radius 3 is 2.21 bits per heavy atom. The van der Waals surface area contributed by atoms with Gasteiger partial charge in [0.25, 0.3) is 0 Å². The Hall–Kier alpha value is -4.58. The molecule has 53 heavy (non-hydrogen) atoms. The molecule has 0 bridgehead atoms. The first kappa shape index (κ1) is 38.2. The van der Waals surface area contributed by atoms with Gasteiger partial charge in [-0.2, -0.15) is 13.2 Å². The van der Waals surface area contributed by atoms with E-state index in [0.29, 0.717) is 31.0 Å². The van der Waals surface area contributed by atoms with Gasteiger partial charge in [-0.15, -0.1) is 0 Å². The molecule has 0 radical (unpaired) electrons. The van der Waals surface area contributed by atoms with E-state index in [1.807, 2.05) is 60.7 Å². The molecule has 2 heterocycles. The van der Waals surface area contributed by atoms with Crippen molar-refractivity contribution in [1.82, 2.24) is 20.0 Å². The number of piperazine rings is 1. The first-order valence-electron chi connectivity index (χ1n) is 18.0. The van der Waals surface area contributed by atoms with Crippen LogP contribution in [-0.2, 0) is 35.3 Å². The highest BCUT2D eigenvalue weighted by atomic mass is 35.5. The summed E-state index contributed by atoms with van der Waals surface area (Å²) < 4.78 is 46.5. The van der Waals surface area contributed by atoms with Crippen LogP contribution < -0.4 is 5.32 Å². The second-order valence-corrected chi connectivity index (χ2v) is 14.1. The number of phenolic OH excluding ortho intramolecular Hbond substituents is 1. The van der Waals surface area contributed by atoms with Gasteiger partial charge in [0.1, 0.15) is 18.4 Å². The average Bonchev–Trinajstić information content (AvgIpc) is 3.17. The Morgan fingerprint density at radius 1 is 0.849 bits per heavy atom. The normalized spacial score (nSPS) is 16.6. The van der Waals surface area contributed by atoms with Gasteiger partial charge in [0.15, 0.2) is 0 Å². The molecule has 1 atom stereocenters. The monoisotopic (exact) mass is 748 g/mol. The van der Waals surface area contributed by atoms with Gasteiger partial charge in [0, 0.05) is 49.9 Å². The highest BCUT2D eigenvalue weighted by molar-refractivity contribution is 6.30. The van der Waals surface area contributed by atoms with Crippen LogP contribution in [0.15, 0.2) is 97.1 Å². The summed E-state index contributed by atoms with van der Waals surface area (Å²) in [7, 11) is 0. The number of hydrogen-bond donors (Lipinski definition) is 2. The Bertz CT molecular complexity index is 1830. The van der Waals surface area contributed by atoms with Gasteiger partial charge in [-0.3, -0.25) is 9.69 Å². The lowest BCUT2D eigenvalue weighted by Crippen LogP contribution is -2.58. The topological polar surface area (TPSA) is 85.4 Å². The Kier molecular flexibility index (Phi) is 12.6. The van der Waals surface area contributed by atoms with Gasteiger partial charge in [0.05, 0.1) is 5.56 Å². The van der Waals surface area contributed by atoms with Gasteiger partial charge in [-0.05, 0) is 84.8 Å². The van der Waals surface area contributed by atoms with E-state index in [0.717, 1.165) is 54.4 Å². The summed E-state index contributed by atoms with van der Waals surface area (Å²) in [5.74, 6) is -0.778. The third kappa shape index (κ3) is 10.1. The lowest BCUT2D eigenvalue weighted by molar-refractivity contribution is -0.138. The molecular weight excluding hydrogens is 705 g/mol. The summed E-state index contributed by atoms with van der Waals surface area (Å²) in [4.78, 5) is 33.1. The molecular formula is C41H44ClF3N4O4. The molecule has 2 aliphatic heterocycles. The number of halogens is 4. The van der Waals surface area contributed by atoms with Crippen molar-refractivity contribution >= 4 is 23.6 Å². The third-order valence-corrected chi connectivity index (χ3v) is 10.5. The first-order chi connectivity index (χ1) is 25.5. The number of alkyl halides is 3. The Morgan fingerprint density at radius 2 is 1.53 bits per heavy atom. The van der Waals surface area contributed by atoms with Crippen LogP contribution in [0.1, 0.15) is 35.1 Å². The largest absolute Gasteiger partial charge is 0.508 e. The van der Waals surface area contributed by atoms with Crippen LogP contribution >= 0.6 is 11.6 Å². The molecule has 0 aromatic heterocycles. The van der Waals surface area contributed by atoms with Crippen molar-refractivity contribution in [3.8, 4) is 16.9 Å². The number of amides is 2. The van der Waals surface area contributed by atoms with Crippen LogP contribution in [0, 0.1) is 5.92 Å². The van der Waals surface area contributed by atoms with Crippen molar-refractivity contribution < 1.29 is 32.6 Å². The number of benzene rings is 4. The van der Waals surface area contributed by atoms with E-state index in [1.165, 1.54) is 12.1 Å². The van der Waals surface area contributed by atoms with E-state index in [9.17, 15) is 27.9 Å². The molecule has 8 nitrogen and oxygen atoms in total. The summed E-state index contributed by atoms with van der Waals surface area (Å²) in [6.45, 7) is 3.43. The van der Waals surface area contributed by atoms with E-state index in [-0.39, 0.29) is 43.6 Å². The lowest BCUT2D eigenvalue weighted by atomic mass is 9.88. The fourth-order valence-corrected chi connectivity index (χ4v) is 7.48. The number of ether oxygens (including phenoxy) is 1. The van der Waals surface area contributed by atoms with Crippen molar-refractivity contribution in [1.29, 1.82) is 0 Å². The van der Waals surface area contributed by atoms with Crippen molar-refractivity contribution in [2.75, 3.05) is 45.8 Å². The smallest absolute Gasteiger partial charge is 0.416 e. The van der Waals surface area contributed by atoms with Crippen LogP contribution in [0.3, 0.4) is 0 Å². The van der Waals surface area contributed by atoms with E-state index in [1.54, 1.807) is 9.80 Å². The molecule has 280 valence electrons. The predicted molar refractivity (Wildman–Crippen MR) is 198 cm³/mol. The molecule has 6 rings (SSSR count). The standard InChI is InChI=1S/C41H44ClF3N4O4/c42-33-14-15-34(30-10-5-2-6-11-30)32(26-33)18-21-47-19-16-31(17-20-47)38(46-40(52)53-28-29-8-3-1-4-9-29)39(51)49-24-22-48(23-25-49)27-35-36(41(43,44)45)12-7-13-37(35)50/h1-15,26,31,38,50H,16-25,27-28H2,(H,46,52)/t38-/m1/s1. The Balaban J connectivity index is 1.09. The number of nitrogens with one attached hydrogen (secondary N) is 1. The summed E-state index contributed by atoms with van der Waals surface area (Å²) in [5.41, 5.74) is 3.22. The van der Waals surface area contributed by atoms with E-state index >= 15 is 0 Å². The van der Waals surface area contributed by atoms with Crippen molar-refractivity contribution in [2.24, 2.45) is 5.92 Å². The third-order valence-electron chi connectivity index (χ3n) is 10.2. The predicted octanol–water partition coefficient (Wildman–Crippen LogP) is 7.63.